The first-order chi connectivity index (χ1) is 36.2. The van der Waals surface area contributed by atoms with E-state index in [0.717, 1.165) is 49.4 Å². The molecule has 6 rings (SSSR count). The molecular weight excluding hydrogens is 991 g/mol. The minimum Gasteiger partial charge on any atom is -0.459 e. The fourth-order valence-corrected chi connectivity index (χ4v) is 11.9. The van der Waals surface area contributed by atoms with Crippen LogP contribution < -0.4 is 0 Å². The van der Waals surface area contributed by atoms with Gasteiger partial charge >= 0.3 is 5.97 Å². The van der Waals surface area contributed by atoms with Gasteiger partial charge in [-0.2, -0.15) is 0 Å². The van der Waals surface area contributed by atoms with Crippen molar-refractivity contribution >= 4 is 5.97 Å². The number of methoxy groups -OCH3 is 1. The molecule has 3 fully saturated rings. The maximum atomic E-state index is 14.5. The van der Waals surface area contributed by atoms with Crippen molar-refractivity contribution in [2.45, 2.75) is 224 Å². The number of carbonyl (C=O) groups is 1. The number of nitrogens with zero attached hydrogens (tertiary/aromatic N) is 9. The van der Waals surface area contributed by atoms with Crippen molar-refractivity contribution in [1.29, 1.82) is 0 Å². The Hall–Kier alpha value is -3.55. The van der Waals surface area contributed by atoms with Gasteiger partial charge in [-0.3, -0.25) is 9.48 Å². The van der Waals surface area contributed by atoms with Crippen LogP contribution in [0.1, 0.15) is 125 Å². The summed E-state index contributed by atoms with van der Waals surface area (Å²) >= 11 is 0. The van der Waals surface area contributed by atoms with Crippen LogP contribution in [0, 0.1) is 17.8 Å². The highest BCUT2D eigenvalue weighted by Gasteiger charge is 2.53. The third-order valence-corrected chi connectivity index (χ3v) is 16.7. The number of hydrogen-bond donors (Lipinski definition) is 5. The standard InChI is InChI=1S/C56H95N9O12/c1-16-45-56(10,71)49(67)38(6)63(14)30-34(2)28-54(8,70)51(36(4)48(37(5)52(69)75-45)76-46-29-55(9,72-15)50(68)39(7)74-46)77-53-47(66)44(27-35(3)73-53)62(13)26-24-41-32-64(59-57-41)25-18-17-19-40-20-22-43(23-21-40)65-33-42(58-60-65)31-61(11)12/h20-23,32-39,44-51,53,66-68,70-71H,16-19,24-31H2,1-15H3/t34-,35-,36+,37-,38-,39+,44+,45-,46+,47-,48+,49-,50+,51-,53+,54-,55-,56-/m1/s1. The average molecular weight is 1090 g/mol. The van der Waals surface area contributed by atoms with Gasteiger partial charge in [0, 0.05) is 70.3 Å². The number of cyclic esters (lactones) is 1. The number of benzene rings is 1. The van der Waals surface area contributed by atoms with Crippen molar-refractivity contribution in [2.24, 2.45) is 17.8 Å². The van der Waals surface area contributed by atoms with Gasteiger partial charge in [0.25, 0.3) is 0 Å². The van der Waals surface area contributed by atoms with E-state index in [1.54, 1.807) is 46.2 Å². The molecule has 0 saturated carbocycles. The second-order valence-corrected chi connectivity index (χ2v) is 23.9. The monoisotopic (exact) mass is 1090 g/mol. The Morgan fingerprint density at radius 2 is 1.55 bits per heavy atom. The number of unbranched alkanes of at least 4 members (excludes halogenated alkanes) is 1. The highest BCUT2D eigenvalue weighted by Crippen LogP contribution is 2.40. The molecule has 0 spiro atoms. The molecular formula is C56H95N9O12. The highest BCUT2D eigenvalue weighted by atomic mass is 16.7. The van der Waals surface area contributed by atoms with Gasteiger partial charge in [-0.1, -0.05) is 43.3 Å². The lowest BCUT2D eigenvalue weighted by atomic mass is 9.77. The second-order valence-electron chi connectivity index (χ2n) is 23.9. The Morgan fingerprint density at radius 3 is 2.21 bits per heavy atom. The third-order valence-electron chi connectivity index (χ3n) is 16.7. The zero-order valence-corrected chi connectivity index (χ0v) is 48.7. The molecule has 0 bridgehead atoms. The summed E-state index contributed by atoms with van der Waals surface area (Å²) < 4.78 is 42.1. The van der Waals surface area contributed by atoms with E-state index in [-0.39, 0.29) is 31.3 Å². The summed E-state index contributed by atoms with van der Waals surface area (Å²) in [6.45, 7) is 20.1. The van der Waals surface area contributed by atoms with E-state index in [1.165, 1.54) is 19.6 Å². The van der Waals surface area contributed by atoms with Crippen LogP contribution >= 0.6 is 0 Å². The summed E-state index contributed by atoms with van der Waals surface area (Å²) in [6.07, 6.45) is -1.54. The highest BCUT2D eigenvalue weighted by molar-refractivity contribution is 5.73. The Kier molecular flexibility index (Phi) is 21.8. The molecule has 3 saturated heterocycles. The summed E-state index contributed by atoms with van der Waals surface area (Å²) in [7, 11) is 9.33. The second kappa shape index (κ2) is 26.8. The molecule has 5 heterocycles. The summed E-state index contributed by atoms with van der Waals surface area (Å²) in [5.41, 5.74) is -0.533. The summed E-state index contributed by atoms with van der Waals surface area (Å²) in [5.74, 6) is -2.75. The number of aliphatic hydroxyl groups is 5. The molecule has 436 valence electrons. The Bertz CT molecular complexity index is 2280. The van der Waals surface area contributed by atoms with Crippen molar-refractivity contribution < 1.29 is 58.7 Å². The Balaban J connectivity index is 1.16. The molecule has 2 aromatic heterocycles. The molecule has 21 heteroatoms. The summed E-state index contributed by atoms with van der Waals surface area (Å²) in [5, 5.41) is 77.3. The zero-order valence-electron chi connectivity index (χ0n) is 48.7. The SMILES string of the molecule is CC[C@H]1OC(=O)[C@H](C)[C@@H](O[C@H]2C[C@@](C)(OC)[C@@H](O)[C@H](C)O2)[C@H](C)[C@@H](O[C@@H]2O[C@H](C)C[C@H](N(C)CCc3cn(CCCCc4ccc(-n5cc(CN(C)C)nn5)cc4)nn3)[C@H]2O)[C@](C)(O)C[C@@H](C)CN(C)[C@H](C)[C@@H](O)[C@]1(C)O. The molecule has 0 amide bonds. The number of likely N-dealkylation sites (N-methyl/N-ethyl adjacent to an activating group) is 2. The lowest BCUT2D eigenvalue weighted by Gasteiger charge is -2.49. The predicted molar refractivity (Wildman–Crippen MR) is 289 cm³/mol. The van der Waals surface area contributed by atoms with Crippen molar-refractivity contribution in [2.75, 3.05) is 48.4 Å². The van der Waals surface area contributed by atoms with Gasteiger partial charge in [0.2, 0.25) is 0 Å². The molecule has 5 N–H and O–H groups in total. The van der Waals surface area contributed by atoms with Crippen LogP contribution in [-0.4, -0.2) is 215 Å². The van der Waals surface area contributed by atoms with Gasteiger partial charge in [-0.15, -0.1) is 10.2 Å². The Labute approximate surface area is 457 Å². The minimum absolute atomic E-state index is 0.107. The smallest absolute Gasteiger partial charge is 0.311 e. The molecule has 1 aromatic carbocycles. The molecule has 21 nitrogen and oxygen atoms in total. The minimum atomic E-state index is -1.83. The molecule has 3 aromatic rings. The number of rotatable bonds is 18. The van der Waals surface area contributed by atoms with E-state index in [9.17, 15) is 30.3 Å². The van der Waals surface area contributed by atoms with Crippen LogP contribution in [-0.2, 0) is 59.1 Å². The molecule has 0 unspecified atom stereocenters. The lowest BCUT2D eigenvalue weighted by molar-refractivity contribution is -0.318. The topological polar surface area (TPSA) is 245 Å². The lowest BCUT2D eigenvalue weighted by Crippen LogP contribution is -2.61. The van der Waals surface area contributed by atoms with Crippen LogP contribution in [0.2, 0.25) is 0 Å². The first kappa shape index (κ1) is 62.6. The van der Waals surface area contributed by atoms with Gasteiger partial charge in [0.05, 0.1) is 64.8 Å². The van der Waals surface area contributed by atoms with Crippen molar-refractivity contribution in [3.8, 4) is 5.69 Å². The maximum Gasteiger partial charge on any atom is 0.311 e. The predicted octanol–water partition coefficient (Wildman–Crippen LogP) is 3.77. The van der Waals surface area contributed by atoms with E-state index in [2.05, 4.69) is 54.7 Å². The molecule has 0 aliphatic carbocycles. The fourth-order valence-electron chi connectivity index (χ4n) is 11.9. The van der Waals surface area contributed by atoms with E-state index in [4.69, 9.17) is 28.4 Å². The van der Waals surface area contributed by atoms with Crippen molar-refractivity contribution in [3.05, 3.63) is 53.6 Å². The molecule has 3 aliphatic heterocycles. The zero-order chi connectivity index (χ0) is 56.7. The van der Waals surface area contributed by atoms with Gasteiger partial charge in [-0.25, -0.2) is 4.68 Å². The number of aryl methyl sites for hydroxylation is 2. The summed E-state index contributed by atoms with van der Waals surface area (Å²) in [4.78, 5) is 20.6. The van der Waals surface area contributed by atoms with Crippen molar-refractivity contribution in [1.82, 2.24) is 44.7 Å². The third kappa shape index (κ3) is 15.7. The number of hydrogen-bond acceptors (Lipinski definition) is 19. The Morgan fingerprint density at radius 1 is 0.857 bits per heavy atom. The van der Waals surface area contributed by atoms with Crippen LogP contribution in [0.15, 0.2) is 36.7 Å². The van der Waals surface area contributed by atoms with Crippen molar-refractivity contribution in [3.63, 3.8) is 0 Å². The number of ether oxygens (including phenoxy) is 6. The normalized spacial score (nSPS) is 37.4. The van der Waals surface area contributed by atoms with Crippen LogP contribution in [0.4, 0.5) is 0 Å². The molecule has 0 radical (unpaired) electrons. The van der Waals surface area contributed by atoms with Crippen LogP contribution in [0.25, 0.3) is 5.69 Å². The van der Waals surface area contributed by atoms with Crippen LogP contribution in [0.5, 0.6) is 0 Å². The first-order valence-electron chi connectivity index (χ1n) is 28.0. The van der Waals surface area contributed by atoms with Crippen LogP contribution in [0.3, 0.4) is 0 Å². The van der Waals surface area contributed by atoms with E-state index in [0.29, 0.717) is 25.9 Å². The van der Waals surface area contributed by atoms with E-state index >= 15 is 0 Å². The van der Waals surface area contributed by atoms with Gasteiger partial charge in [0.15, 0.2) is 12.6 Å². The number of aromatic nitrogens is 6. The largest absolute Gasteiger partial charge is 0.459 e. The number of esters is 1. The van der Waals surface area contributed by atoms with E-state index in [1.807, 2.05) is 70.9 Å². The van der Waals surface area contributed by atoms with Gasteiger partial charge < -0.3 is 68.7 Å². The van der Waals surface area contributed by atoms with Gasteiger partial charge in [-0.05, 0) is 139 Å². The van der Waals surface area contributed by atoms with Gasteiger partial charge in [0.1, 0.15) is 30.0 Å². The van der Waals surface area contributed by atoms with E-state index < -0.39 is 102 Å². The maximum absolute atomic E-state index is 14.5. The number of carbonyl (C=O) groups excluding carboxylic acids is 1. The molecule has 77 heavy (non-hydrogen) atoms. The fraction of sp³-hybridized carbons (Fsp3) is 0.804. The quantitative estimate of drug-likeness (QED) is 0.0899. The molecule has 18 atom stereocenters. The summed E-state index contributed by atoms with van der Waals surface area (Å²) in [6, 6.07) is 7.45. The molecule has 3 aliphatic rings. The number of aliphatic hydroxyl groups excluding tert-OH is 3. The first-order valence-corrected chi connectivity index (χ1v) is 28.0. The average Bonchev–Trinajstić information content (AvgIpc) is 4.06.